The maximum atomic E-state index is 4.78. The molecular weight excluding hydrogens is 196 g/mol. The third-order valence-corrected chi connectivity index (χ3v) is 3.41. The van der Waals surface area contributed by atoms with Crippen LogP contribution in [0.2, 0.25) is 0 Å². The predicted molar refractivity (Wildman–Crippen MR) is 65.3 cm³/mol. The molecule has 0 aliphatic heterocycles. The minimum Gasteiger partial charge on any atom is -0.331 e. The van der Waals surface area contributed by atoms with Gasteiger partial charge in [-0.15, -0.1) is 0 Å². The highest BCUT2D eigenvalue weighted by Gasteiger charge is 2.18. The van der Waals surface area contributed by atoms with Gasteiger partial charge in [-0.1, -0.05) is 30.3 Å². The molecule has 0 fully saturated rings. The van der Waals surface area contributed by atoms with Crippen LogP contribution in [-0.2, 0) is 19.9 Å². The molecule has 1 aromatic carbocycles. The molecule has 2 heteroatoms. The first-order valence-electron chi connectivity index (χ1n) is 5.96. The van der Waals surface area contributed by atoms with Gasteiger partial charge >= 0.3 is 0 Å². The molecule has 0 N–H and O–H groups in total. The number of benzene rings is 1. The number of aryl methyl sites for hydroxylation is 1. The van der Waals surface area contributed by atoms with Crippen LogP contribution in [0.1, 0.15) is 24.2 Å². The van der Waals surface area contributed by atoms with Gasteiger partial charge < -0.3 is 4.57 Å². The molecule has 16 heavy (non-hydrogen) atoms. The molecule has 1 heterocycles. The van der Waals surface area contributed by atoms with Crippen molar-refractivity contribution < 1.29 is 0 Å². The average Bonchev–Trinajstić information content (AvgIpc) is 2.69. The molecule has 0 amide bonds. The maximum Gasteiger partial charge on any atom is 0.140 e. The predicted octanol–water partition coefficient (Wildman–Crippen LogP) is 2.97. The monoisotopic (exact) mass is 212 g/mol. The smallest absolute Gasteiger partial charge is 0.140 e. The lowest BCUT2D eigenvalue weighted by Crippen LogP contribution is -2.05. The summed E-state index contributed by atoms with van der Waals surface area (Å²) in [5, 5.41) is 0. The lowest BCUT2D eigenvalue weighted by molar-refractivity contribution is 0.644. The summed E-state index contributed by atoms with van der Waals surface area (Å²) in [4.78, 5) is 4.78. The summed E-state index contributed by atoms with van der Waals surface area (Å²) >= 11 is 0. The summed E-state index contributed by atoms with van der Waals surface area (Å²) in [7, 11) is 2.14. The van der Waals surface area contributed by atoms with Gasteiger partial charge in [-0.25, -0.2) is 4.98 Å². The van der Waals surface area contributed by atoms with Gasteiger partial charge in [0.2, 0.25) is 0 Å². The van der Waals surface area contributed by atoms with E-state index in [2.05, 4.69) is 35.9 Å². The first-order chi connectivity index (χ1) is 7.86. The second-order valence-corrected chi connectivity index (χ2v) is 4.46. The Hall–Kier alpha value is -1.57. The van der Waals surface area contributed by atoms with E-state index in [1.165, 1.54) is 36.2 Å². The van der Waals surface area contributed by atoms with Crippen LogP contribution in [0.25, 0.3) is 11.4 Å². The van der Waals surface area contributed by atoms with Crippen molar-refractivity contribution >= 4 is 0 Å². The number of nitrogens with zero attached hydrogens (tertiary/aromatic N) is 2. The van der Waals surface area contributed by atoms with Gasteiger partial charge in [-0.05, 0) is 25.7 Å². The van der Waals surface area contributed by atoms with Gasteiger partial charge in [-0.2, -0.15) is 0 Å². The highest BCUT2D eigenvalue weighted by molar-refractivity contribution is 5.56. The van der Waals surface area contributed by atoms with E-state index in [1.54, 1.807) is 0 Å². The van der Waals surface area contributed by atoms with Gasteiger partial charge in [0.05, 0.1) is 5.69 Å². The molecular formula is C14H16N2. The summed E-state index contributed by atoms with van der Waals surface area (Å²) < 4.78 is 2.27. The molecule has 3 rings (SSSR count). The van der Waals surface area contributed by atoms with Crippen LogP contribution >= 0.6 is 0 Å². The van der Waals surface area contributed by atoms with Crippen LogP contribution in [0.4, 0.5) is 0 Å². The van der Waals surface area contributed by atoms with E-state index >= 15 is 0 Å². The van der Waals surface area contributed by atoms with Crippen molar-refractivity contribution in [2.24, 2.45) is 7.05 Å². The van der Waals surface area contributed by atoms with E-state index in [9.17, 15) is 0 Å². The average molecular weight is 212 g/mol. The number of aromatic nitrogens is 2. The summed E-state index contributed by atoms with van der Waals surface area (Å²) in [6.07, 6.45) is 4.93. The maximum absolute atomic E-state index is 4.78. The number of fused-ring (bicyclic) bond motifs is 1. The molecule has 0 spiro atoms. The van der Waals surface area contributed by atoms with Crippen molar-refractivity contribution in [2.45, 2.75) is 25.7 Å². The molecule has 0 unspecified atom stereocenters. The highest BCUT2D eigenvalue weighted by Crippen LogP contribution is 2.26. The molecule has 0 radical (unpaired) electrons. The Kier molecular flexibility index (Phi) is 2.28. The SMILES string of the molecule is Cn1c(-c2ccccc2)nc2c1CCCC2. The molecule has 0 saturated heterocycles. The summed E-state index contributed by atoms with van der Waals surface area (Å²) in [5.41, 5.74) is 3.97. The van der Waals surface area contributed by atoms with Crippen LogP contribution in [0, 0.1) is 0 Å². The summed E-state index contributed by atoms with van der Waals surface area (Å²) in [6, 6.07) is 10.5. The van der Waals surface area contributed by atoms with Gasteiger partial charge in [-0.3, -0.25) is 0 Å². The van der Waals surface area contributed by atoms with Crippen molar-refractivity contribution in [3.05, 3.63) is 41.7 Å². The first-order valence-corrected chi connectivity index (χ1v) is 5.96. The zero-order valence-corrected chi connectivity index (χ0v) is 9.61. The zero-order valence-electron chi connectivity index (χ0n) is 9.61. The van der Waals surface area contributed by atoms with Crippen LogP contribution in [0.3, 0.4) is 0 Å². The quantitative estimate of drug-likeness (QED) is 0.710. The van der Waals surface area contributed by atoms with E-state index < -0.39 is 0 Å². The number of hydrogen-bond acceptors (Lipinski definition) is 1. The summed E-state index contributed by atoms with van der Waals surface area (Å²) in [6.45, 7) is 0. The van der Waals surface area contributed by atoms with Crippen LogP contribution < -0.4 is 0 Å². The fraction of sp³-hybridized carbons (Fsp3) is 0.357. The highest BCUT2D eigenvalue weighted by atomic mass is 15.1. The minimum absolute atomic E-state index is 1.12. The Bertz CT molecular complexity index is 497. The molecule has 82 valence electrons. The van der Waals surface area contributed by atoms with Gasteiger partial charge in [0.25, 0.3) is 0 Å². The number of hydrogen-bond donors (Lipinski definition) is 0. The molecule has 1 aromatic heterocycles. The Morgan fingerprint density at radius 2 is 1.81 bits per heavy atom. The third kappa shape index (κ3) is 1.45. The Balaban J connectivity index is 2.12. The van der Waals surface area contributed by atoms with E-state index in [0.717, 1.165) is 12.2 Å². The lowest BCUT2D eigenvalue weighted by atomic mass is 10.0. The van der Waals surface area contributed by atoms with Gasteiger partial charge in [0.1, 0.15) is 5.82 Å². The van der Waals surface area contributed by atoms with Crippen molar-refractivity contribution in [1.29, 1.82) is 0 Å². The van der Waals surface area contributed by atoms with Crippen molar-refractivity contribution in [3.8, 4) is 11.4 Å². The fourth-order valence-corrected chi connectivity index (χ4v) is 2.53. The molecule has 2 nitrogen and oxygen atoms in total. The Labute approximate surface area is 95.9 Å². The summed E-state index contributed by atoms with van der Waals surface area (Å²) in [5.74, 6) is 1.12. The Morgan fingerprint density at radius 3 is 2.56 bits per heavy atom. The van der Waals surface area contributed by atoms with E-state index in [-0.39, 0.29) is 0 Å². The van der Waals surface area contributed by atoms with E-state index in [0.29, 0.717) is 0 Å². The first kappa shape index (κ1) is 9.64. The molecule has 2 aromatic rings. The molecule has 0 saturated carbocycles. The minimum atomic E-state index is 1.12. The van der Waals surface area contributed by atoms with Crippen molar-refractivity contribution in [3.63, 3.8) is 0 Å². The largest absolute Gasteiger partial charge is 0.331 e. The van der Waals surface area contributed by atoms with Crippen LogP contribution in [0.15, 0.2) is 30.3 Å². The second kappa shape index (κ2) is 3.78. The second-order valence-electron chi connectivity index (χ2n) is 4.46. The fourth-order valence-electron chi connectivity index (χ4n) is 2.53. The Morgan fingerprint density at radius 1 is 1.06 bits per heavy atom. The topological polar surface area (TPSA) is 17.8 Å². The lowest BCUT2D eigenvalue weighted by Gasteiger charge is -2.11. The molecule has 1 aliphatic carbocycles. The van der Waals surface area contributed by atoms with Gasteiger partial charge in [0, 0.05) is 18.3 Å². The third-order valence-electron chi connectivity index (χ3n) is 3.41. The van der Waals surface area contributed by atoms with Crippen molar-refractivity contribution in [1.82, 2.24) is 9.55 Å². The molecule has 0 bridgehead atoms. The molecule has 1 aliphatic rings. The normalized spacial score (nSPS) is 14.8. The number of rotatable bonds is 1. The van der Waals surface area contributed by atoms with E-state index in [4.69, 9.17) is 4.98 Å². The van der Waals surface area contributed by atoms with Crippen LogP contribution in [0.5, 0.6) is 0 Å². The standard InChI is InChI=1S/C14H16N2/c1-16-13-10-6-5-9-12(13)15-14(16)11-7-3-2-4-8-11/h2-4,7-8H,5-6,9-10H2,1H3. The van der Waals surface area contributed by atoms with Gasteiger partial charge in [0.15, 0.2) is 0 Å². The van der Waals surface area contributed by atoms with E-state index in [1.807, 2.05) is 6.07 Å². The molecule has 0 atom stereocenters. The van der Waals surface area contributed by atoms with Crippen LogP contribution in [-0.4, -0.2) is 9.55 Å². The van der Waals surface area contributed by atoms with Crippen molar-refractivity contribution in [2.75, 3.05) is 0 Å². The number of imidazole rings is 1. The zero-order chi connectivity index (χ0) is 11.0.